The molecule has 0 unspecified atom stereocenters. The molecule has 3 aromatic rings. The molecule has 0 aliphatic carbocycles. The number of hydrogen-bond acceptors (Lipinski definition) is 5. The minimum absolute atomic E-state index is 0.0324. The number of carbonyl (C=O) groups excluding carboxylic acids is 1. The number of amides is 1. The summed E-state index contributed by atoms with van der Waals surface area (Å²) in [6.07, 6.45) is 0.890. The highest BCUT2D eigenvalue weighted by molar-refractivity contribution is 5.94. The van der Waals surface area contributed by atoms with Crippen LogP contribution in [0.2, 0.25) is 0 Å². The molecule has 0 bridgehead atoms. The fraction of sp³-hybridized carbons (Fsp3) is 0.345. The lowest BCUT2D eigenvalue weighted by Gasteiger charge is -2.41. The van der Waals surface area contributed by atoms with Gasteiger partial charge in [-0.1, -0.05) is 29.8 Å². The number of methoxy groups -OCH3 is 3. The summed E-state index contributed by atoms with van der Waals surface area (Å²) >= 11 is 0. The molecule has 0 saturated carbocycles. The lowest BCUT2D eigenvalue weighted by molar-refractivity contribution is 0.0877. The second-order valence-electron chi connectivity index (χ2n) is 9.05. The van der Waals surface area contributed by atoms with Crippen LogP contribution < -0.4 is 19.5 Å². The Hall–Kier alpha value is -3.51. The average Bonchev–Trinajstić information content (AvgIpc) is 2.88. The quantitative estimate of drug-likeness (QED) is 0.501. The van der Waals surface area contributed by atoms with Crippen LogP contribution in [0, 0.1) is 6.92 Å². The second-order valence-corrected chi connectivity index (χ2v) is 9.05. The zero-order chi connectivity index (χ0) is 24.9. The normalized spacial score (nSPS) is 16.2. The molecule has 0 radical (unpaired) electrons. The van der Waals surface area contributed by atoms with E-state index in [0.717, 1.165) is 42.1 Å². The number of rotatable bonds is 8. The molecule has 4 rings (SSSR count). The summed E-state index contributed by atoms with van der Waals surface area (Å²) in [4.78, 5) is 15.5. The van der Waals surface area contributed by atoms with Crippen molar-refractivity contribution in [1.29, 1.82) is 0 Å². The van der Waals surface area contributed by atoms with Gasteiger partial charge in [-0.05, 0) is 73.4 Å². The topological polar surface area (TPSA) is 60.0 Å². The Bertz CT molecular complexity index is 1160. The third-order valence-electron chi connectivity index (χ3n) is 6.72. The van der Waals surface area contributed by atoms with Crippen molar-refractivity contribution in [3.05, 3.63) is 88.5 Å². The van der Waals surface area contributed by atoms with Gasteiger partial charge < -0.3 is 19.5 Å². The minimum Gasteiger partial charge on any atom is -0.497 e. The molecule has 6 nitrogen and oxygen atoms in total. The summed E-state index contributed by atoms with van der Waals surface area (Å²) in [6.45, 7) is 5.71. The maximum atomic E-state index is 13.1. The number of carbonyl (C=O) groups is 1. The molecule has 2 atom stereocenters. The molecule has 35 heavy (non-hydrogen) atoms. The van der Waals surface area contributed by atoms with Crippen molar-refractivity contribution >= 4 is 5.91 Å². The summed E-state index contributed by atoms with van der Waals surface area (Å²) in [6, 6.07) is 19.8. The van der Waals surface area contributed by atoms with E-state index in [9.17, 15) is 4.79 Å². The van der Waals surface area contributed by atoms with E-state index in [2.05, 4.69) is 41.4 Å². The van der Waals surface area contributed by atoms with Crippen LogP contribution >= 0.6 is 0 Å². The third kappa shape index (κ3) is 5.43. The van der Waals surface area contributed by atoms with Crippen molar-refractivity contribution in [1.82, 2.24) is 10.2 Å². The standard InChI is InChI=1S/C29H34N2O4/c1-19-6-10-22(11-7-19)29(32)30-20(2)28-25-17-27(35-5)26(34-4)16-23(25)14-15-31(28)18-21-8-12-24(33-3)13-9-21/h6-13,16-17,20,28H,14-15,18H2,1-5H3,(H,30,32)/t20-,28+/m0/s1. The van der Waals surface area contributed by atoms with Crippen molar-refractivity contribution in [2.45, 2.75) is 38.9 Å². The van der Waals surface area contributed by atoms with Crippen molar-refractivity contribution in [3.8, 4) is 17.2 Å². The lowest BCUT2D eigenvalue weighted by atomic mass is 9.87. The summed E-state index contributed by atoms with van der Waals surface area (Å²) in [5.74, 6) is 2.18. The number of aryl methyl sites for hydroxylation is 1. The van der Waals surface area contributed by atoms with Crippen molar-refractivity contribution < 1.29 is 19.0 Å². The van der Waals surface area contributed by atoms with Crippen LogP contribution in [0.25, 0.3) is 0 Å². The predicted molar refractivity (Wildman–Crippen MR) is 138 cm³/mol. The second kappa shape index (κ2) is 10.8. The van der Waals surface area contributed by atoms with Gasteiger partial charge >= 0.3 is 0 Å². The van der Waals surface area contributed by atoms with Crippen LogP contribution in [0.1, 0.15) is 45.6 Å². The van der Waals surface area contributed by atoms with Gasteiger partial charge in [0, 0.05) is 24.7 Å². The van der Waals surface area contributed by atoms with Crippen LogP contribution in [0.5, 0.6) is 17.2 Å². The van der Waals surface area contributed by atoms with E-state index in [4.69, 9.17) is 14.2 Å². The van der Waals surface area contributed by atoms with Gasteiger partial charge in [0.25, 0.3) is 5.91 Å². The highest BCUT2D eigenvalue weighted by Crippen LogP contribution is 2.40. The molecule has 0 saturated heterocycles. The van der Waals surface area contributed by atoms with Gasteiger partial charge in [-0.25, -0.2) is 0 Å². The molecule has 1 heterocycles. The summed E-state index contributed by atoms with van der Waals surface area (Å²) in [7, 11) is 4.98. The molecular formula is C29H34N2O4. The molecule has 0 fully saturated rings. The fourth-order valence-corrected chi connectivity index (χ4v) is 4.83. The molecule has 1 amide bonds. The molecule has 0 spiro atoms. The van der Waals surface area contributed by atoms with Crippen LogP contribution in [0.3, 0.4) is 0 Å². The first-order chi connectivity index (χ1) is 16.9. The van der Waals surface area contributed by atoms with E-state index in [1.165, 1.54) is 11.1 Å². The first-order valence-electron chi connectivity index (χ1n) is 11.9. The smallest absolute Gasteiger partial charge is 0.251 e. The fourth-order valence-electron chi connectivity index (χ4n) is 4.83. The van der Waals surface area contributed by atoms with Gasteiger partial charge in [0.15, 0.2) is 11.5 Å². The zero-order valence-corrected chi connectivity index (χ0v) is 21.1. The minimum atomic E-state index is -0.140. The van der Waals surface area contributed by atoms with Crippen molar-refractivity contribution in [2.75, 3.05) is 27.9 Å². The van der Waals surface area contributed by atoms with Gasteiger partial charge in [-0.3, -0.25) is 9.69 Å². The van der Waals surface area contributed by atoms with E-state index in [1.54, 1.807) is 21.3 Å². The Morgan fingerprint density at radius 1 is 0.971 bits per heavy atom. The van der Waals surface area contributed by atoms with Crippen LogP contribution in [0.15, 0.2) is 60.7 Å². The molecule has 1 N–H and O–H groups in total. The number of nitrogens with one attached hydrogen (secondary N) is 1. The number of hydrogen-bond donors (Lipinski definition) is 1. The molecule has 1 aliphatic heterocycles. The summed E-state index contributed by atoms with van der Waals surface area (Å²) in [5.41, 5.74) is 5.35. The first kappa shape index (κ1) is 24.6. The Morgan fingerprint density at radius 3 is 2.26 bits per heavy atom. The Morgan fingerprint density at radius 2 is 1.63 bits per heavy atom. The lowest BCUT2D eigenvalue weighted by Crippen LogP contribution is -2.47. The maximum absolute atomic E-state index is 13.1. The molecule has 6 heteroatoms. The van der Waals surface area contributed by atoms with E-state index in [-0.39, 0.29) is 18.0 Å². The third-order valence-corrected chi connectivity index (χ3v) is 6.72. The molecule has 184 valence electrons. The Labute approximate surface area is 207 Å². The molecule has 0 aromatic heterocycles. The molecular weight excluding hydrogens is 440 g/mol. The number of fused-ring (bicyclic) bond motifs is 1. The zero-order valence-electron chi connectivity index (χ0n) is 21.1. The van der Waals surface area contributed by atoms with Gasteiger partial charge in [-0.15, -0.1) is 0 Å². The summed E-state index contributed by atoms with van der Waals surface area (Å²) in [5, 5.41) is 3.25. The van der Waals surface area contributed by atoms with Gasteiger partial charge in [-0.2, -0.15) is 0 Å². The van der Waals surface area contributed by atoms with Gasteiger partial charge in [0.1, 0.15) is 5.75 Å². The van der Waals surface area contributed by atoms with E-state index < -0.39 is 0 Å². The average molecular weight is 475 g/mol. The number of benzene rings is 3. The van der Waals surface area contributed by atoms with Crippen LogP contribution in [-0.4, -0.2) is 44.7 Å². The Balaban J connectivity index is 1.66. The monoisotopic (exact) mass is 474 g/mol. The highest BCUT2D eigenvalue weighted by Gasteiger charge is 2.34. The van der Waals surface area contributed by atoms with Crippen LogP contribution in [-0.2, 0) is 13.0 Å². The summed E-state index contributed by atoms with van der Waals surface area (Å²) < 4.78 is 16.5. The van der Waals surface area contributed by atoms with Crippen molar-refractivity contribution in [2.24, 2.45) is 0 Å². The maximum Gasteiger partial charge on any atom is 0.251 e. The Kier molecular flexibility index (Phi) is 7.61. The SMILES string of the molecule is COc1ccc(CN2CCc3cc(OC)c(OC)cc3[C@H]2[C@H](C)NC(=O)c2ccc(C)cc2)cc1. The largest absolute Gasteiger partial charge is 0.497 e. The molecule has 1 aliphatic rings. The number of ether oxygens (including phenoxy) is 3. The van der Waals surface area contributed by atoms with E-state index in [0.29, 0.717) is 11.3 Å². The number of nitrogens with zero attached hydrogens (tertiary/aromatic N) is 1. The molecule has 3 aromatic carbocycles. The van der Waals surface area contributed by atoms with E-state index in [1.807, 2.05) is 43.3 Å². The predicted octanol–water partition coefficient (Wildman–Crippen LogP) is 4.94. The van der Waals surface area contributed by atoms with Gasteiger partial charge in [0.2, 0.25) is 0 Å². The highest BCUT2D eigenvalue weighted by atomic mass is 16.5. The first-order valence-corrected chi connectivity index (χ1v) is 11.9. The van der Waals surface area contributed by atoms with Gasteiger partial charge in [0.05, 0.1) is 27.4 Å². The van der Waals surface area contributed by atoms with Crippen molar-refractivity contribution in [3.63, 3.8) is 0 Å². The van der Waals surface area contributed by atoms with E-state index >= 15 is 0 Å². The van der Waals surface area contributed by atoms with Crippen LogP contribution in [0.4, 0.5) is 0 Å².